The molecule has 1 N–H and O–H groups in total. The number of benzene rings is 1. The largest absolute Gasteiger partial charge is 0.476 e. The van der Waals surface area contributed by atoms with Crippen molar-refractivity contribution in [1.82, 2.24) is 4.98 Å². The fourth-order valence-corrected chi connectivity index (χ4v) is 1.94. The maximum Gasteiger partial charge on any atom is 0.417 e. The fourth-order valence-electron chi connectivity index (χ4n) is 1.78. The molecule has 0 radical (unpaired) electrons. The van der Waals surface area contributed by atoms with Gasteiger partial charge in [0.2, 0.25) is 0 Å². The van der Waals surface area contributed by atoms with Gasteiger partial charge < -0.3 is 5.11 Å². The Kier molecular flexibility index (Phi) is 3.67. The van der Waals surface area contributed by atoms with Gasteiger partial charge in [-0.3, -0.25) is 0 Å². The molecule has 0 spiro atoms. The third kappa shape index (κ3) is 2.75. The fraction of sp³-hybridized carbons (Fsp3) is 0.0769. The van der Waals surface area contributed by atoms with Crippen LogP contribution >= 0.6 is 11.6 Å². The molecule has 0 fully saturated rings. The zero-order valence-electron chi connectivity index (χ0n) is 9.78. The summed E-state index contributed by atoms with van der Waals surface area (Å²) < 4.78 is 38.9. The first-order chi connectivity index (χ1) is 9.30. The van der Waals surface area contributed by atoms with E-state index in [1.807, 2.05) is 0 Å². The number of carboxylic acid groups (broad SMARTS) is 1. The molecule has 0 amide bonds. The lowest BCUT2D eigenvalue weighted by Gasteiger charge is -2.14. The van der Waals surface area contributed by atoms with Gasteiger partial charge in [0.05, 0.1) is 10.6 Å². The Morgan fingerprint density at radius 2 is 1.85 bits per heavy atom. The molecule has 0 saturated heterocycles. The zero-order valence-corrected chi connectivity index (χ0v) is 10.5. The van der Waals surface area contributed by atoms with Crippen LogP contribution in [-0.2, 0) is 6.18 Å². The van der Waals surface area contributed by atoms with E-state index in [9.17, 15) is 18.0 Å². The first-order valence-electron chi connectivity index (χ1n) is 5.36. The van der Waals surface area contributed by atoms with Gasteiger partial charge in [0.25, 0.3) is 0 Å². The number of carboxylic acids is 1. The van der Waals surface area contributed by atoms with Crippen molar-refractivity contribution in [2.75, 3.05) is 0 Å². The standard InChI is InChI=1S/C13H7ClF3NO2/c14-7-5-9(11(12(19)20)18-6-7)8-3-1-2-4-10(8)13(15,16)17/h1-6H,(H,19,20). The highest BCUT2D eigenvalue weighted by Crippen LogP contribution is 2.38. The van der Waals surface area contributed by atoms with E-state index in [0.29, 0.717) is 0 Å². The highest BCUT2D eigenvalue weighted by Gasteiger charge is 2.34. The Bertz CT molecular complexity index is 671. The Labute approximate surface area is 116 Å². The predicted molar refractivity (Wildman–Crippen MR) is 66.6 cm³/mol. The minimum Gasteiger partial charge on any atom is -0.476 e. The Balaban J connectivity index is 2.75. The molecule has 0 aliphatic heterocycles. The van der Waals surface area contributed by atoms with Crippen LogP contribution in [0.15, 0.2) is 36.5 Å². The smallest absolute Gasteiger partial charge is 0.417 e. The van der Waals surface area contributed by atoms with Crippen LogP contribution in [0.25, 0.3) is 11.1 Å². The summed E-state index contributed by atoms with van der Waals surface area (Å²) in [5.41, 5.74) is -1.86. The maximum absolute atomic E-state index is 13.0. The lowest BCUT2D eigenvalue weighted by Crippen LogP contribution is -2.09. The molecule has 2 rings (SSSR count). The molecule has 104 valence electrons. The monoisotopic (exact) mass is 301 g/mol. The Hall–Kier alpha value is -2.08. The number of rotatable bonds is 2. The summed E-state index contributed by atoms with van der Waals surface area (Å²) in [5, 5.41) is 9.08. The number of carbonyl (C=O) groups is 1. The van der Waals surface area contributed by atoms with Crippen LogP contribution < -0.4 is 0 Å². The maximum atomic E-state index is 13.0. The summed E-state index contributed by atoms with van der Waals surface area (Å²) in [4.78, 5) is 14.7. The average molecular weight is 302 g/mol. The van der Waals surface area contributed by atoms with Crippen LogP contribution in [0.4, 0.5) is 13.2 Å². The number of nitrogens with zero attached hydrogens (tertiary/aromatic N) is 1. The van der Waals surface area contributed by atoms with Gasteiger partial charge in [0.15, 0.2) is 5.69 Å². The molecule has 20 heavy (non-hydrogen) atoms. The Morgan fingerprint density at radius 1 is 1.20 bits per heavy atom. The van der Waals surface area contributed by atoms with Crippen molar-refractivity contribution in [2.45, 2.75) is 6.18 Å². The second kappa shape index (κ2) is 5.13. The number of alkyl halides is 3. The van der Waals surface area contributed by atoms with E-state index in [2.05, 4.69) is 4.98 Å². The SMILES string of the molecule is O=C(O)c1ncc(Cl)cc1-c1ccccc1C(F)(F)F. The lowest BCUT2D eigenvalue weighted by atomic mass is 9.98. The van der Waals surface area contributed by atoms with Crippen molar-refractivity contribution in [3.05, 3.63) is 52.8 Å². The van der Waals surface area contributed by atoms with Gasteiger partial charge in [0.1, 0.15) is 0 Å². The summed E-state index contributed by atoms with van der Waals surface area (Å²) in [6, 6.07) is 5.83. The highest BCUT2D eigenvalue weighted by molar-refractivity contribution is 6.30. The van der Waals surface area contributed by atoms with Crippen molar-refractivity contribution in [1.29, 1.82) is 0 Å². The van der Waals surface area contributed by atoms with Crippen molar-refractivity contribution < 1.29 is 23.1 Å². The third-order valence-electron chi connectivity index (χ3n) is 2.58. The molecular weight excluding hydrogens is 295 g/mol. The summed E-state index contributed by atoms with van der Waals surface area (Å²) >= 11 is 5.70. The molecule has 0 atom stereocenters. The molecule has 3 nitrogen and oxygen atoms in total. The second-order valence-electron chi connectivity index (χ2n) is 3.90. The van der Waals surface area contributed by atoms with Gasteiger partial charge in [-0.2, -0.15) is 13.2 Å². The molecule has 1 aromatic carbocycles. The van der Waals surface area contributed by atoms with E-state index in [4.69, 9.17) is 16.7 Å². The number of pyridine rings is 1. The molecular formula is C13H7ClF3NO2. The average Bonchev–Trinajstić information content (AvgIpc) is 2.37. The first kappa shape index (κ1) is 14.3. The summed E-state index contributed by atoms with van der Waals surface area (Å²) in [7, 11) is 0. The molecule has 0 saturated carbocycles. The van der Waals surface area contributed by atoms with E-state index in [1.54, 1.807) is 0 Å². The second-order valence-corrected chi connectivity index (χ2v) is 4.33. The summed E-state index contributed by atoms with van der Waals surface area (Å²) in [6.07, 6.45) is -3.53. The first-order valence-corrected chi connectivity index (χ1v) is 5.74. The molecule has 1 heterocycles. The van der Waals surface area contributed by atoms with Gasteiger partial charge in [0, 0.05) is 11.8 Å². The molecule has 0 bridgehead atoms. The number of aromatic carboxylic acids is 1. The predicted octanol–water partition coefficient (Wildman–Crippen LogP) is 4.12. The molecule has 2 aromatic rings. The molecule has 1 aromatic heterocycles. The lowest BCUT2D eigenvalue weighted by molar-refractivity contribution is -0.137. The molecule has 0 aliphatic carbocycles. The summed E-state index contributed by atoms with van der Waals surface area (Å²) in [5.74, 6) is -1.42. The van der Waals surface area contributed by atoms with Crippen LogP contribution in [0.3, 0.4) is 0 Å². The highest BCUT2D eigenvalue weighted by atomic mass is 35.5. The normalized spacial score (nSPS) is 11.4. The van der Waals surface area contributed by atoms with E-state index < -0.39 is 23.4 Å². The number of hydrogen-bond acceptors (Lipinski definition) is 2. The van der Waals surface area contributed by atoms with Gasteiger partial charge in [-0.25, -0.2) is 9.78 Å². The van der Waals surface area contributed by atoms with Crippen molar-refractivity contribution in [3.8, 4) is 11.1 Å². The van der Waals surface area contributed by atoms with E-state index in [0.717, 1.165) is 18.3 Å². The van der Waals surface area contributed by atoms with Crippen molar-refractivity contribution in [3.63, 3.8) is 0 Å². The third-order valence-corrected chi connectivity index (χ3v) is 2.79. The van der Waals surface area contributed by atoms with Gasteiger partial charge in [-0.05, 0) is 17.7 Å². The van der Waals surface area contributed by atoms with Crippen LogP contribution in [0.1, 0.15) is 16.1 Å². The van der Waals surface area contributed by atoms with Gasteiger partial charge >= 0.3 is 12.1 Å². The van der Waals surface area contributed by atoms with Crippen LogP contribution in [0, 0.1) is 0 Å². The number of halogens is 4. The van der Waals surface area contributed by atoms with Crippen LogP contribution in [0.2, 0.25) is 5.02 Å². The van der Waals surface area contributed by atoms with Crippen LogP contribution in [0.5, 0.6) is 0 Å². The van der Waals surface area contributed by atoms with E-state index in [-0.39, 0.29) is 16.1 Å². The van der Waals surface area contributed by atoms with Crippen molar-refractivity contribution in [2.24, 2.45) is 0 Å². The molecule has 0 unspecified atom stereocenters. The number of hydrogen-bond donors (Lipinski definition) is 1. The van der Waals surface area contributed by atoms with E-state index >= 15 is 0 Å². The van der Waals surface area contributed by atoms with Crippen molar-refractivity contribution >= 4 is 17.6 Å². The Morgan fingerprint density at radius 3 is 2.45 bits per heavy atom. The minimum absolute atomic E-state index is 0.0574. The molecule has 0 aliphatic rings. The van der Waals surface area contributed by atoms with Gasteiger partial charge in [-0.1, -0.05) is 29.8 Å². The zero-order chi connectivity index (χ0) is 14.9. The minimum atomic E-state index is -4.60. The van der Waals surface area contributed by atoms with Crippen LogP contribution in [-0.4, -0.2) is 16.1 Å². The quantitative estimate of drug-likeness (QED) is 0.907. The number of aromatic nitrogens is 1. The topological polar surface area (TPSA) is 50.2 Å². The molecule has 7 heteroatoms. The van der Waals surface area contributed by atoms with E-state index in [1.165, 1.54) is 18.2 Å². The van der Waals surface area contributed by atoms with Gasteiger partial charge in [-0.15, -0.1) is 0 Å². The summed E-state index contributed by atoms with van der Waals surface area (Å²) in [6.45, 7) is 0.